The molecule has 2 amide bonds. The summed E-state index contributed by atoms with van der Waals surface area (Å²) in [6.07, 6.45) is 1.47. The van der Waals surface area contributed by atoms with Crippen molar-refractivity contribution in [2.45, 2.75) is 13.8 Å². The Morgan fingerprint density at radius 2 is 1.53 bits per heavy atom. The number of nitrogens with one attached hydrogen (secondary N) is 2. The summed E-state index contributed by atoms with van der Waals surface area (Å²) in [4.78, 5) is 23.9. The number of carbonyl (C=O) groups excluding carboxylic acids is 2. The Kier molecular flexibility index (Phi) is 6.82. The van der Waals surface area contributed by atoms with Crippen molar-refractivity contribution in [2.24, 2.45) is 5.10 Å². The van der Waals surface area contributed by atoms with Crippen LogP contribution in [0.1, 0.15) is 17.0 Å². The number of hydrazone groups is 1. The van der Waals surface area contributed by atoms with Crippen molar-refractivity contribution in [3.63, 3.8) is 0 Å². The molecule has 154 valence electrons. The van der Waals surface area contributed by atoms with E-state index in [4.69, 9.17) is 34.8 Å². The van der Waals surface area contributed by atoms with Gasteiger partial charge in [0.15, 0.2) is 0 Å². The number of hydrogen-bond acceptors (Lipinski definition) is 3. The lowest BCUT2D eigenvalue weighted by Crippen LogP contribution is -2.32. The standard InChI is InChI=1S/C21H17Cl3N4O2/c1-12-7-14(13(2)28(12)19-9-16(23)8-17(24)10-19)11-25-27-21(30)20(29)26-18-5-3-15(22)4-6-18/h3-11H,1-2H3,(H,26,29)(H,27,30)/b25-11-. The Morgan fingerprint density at radius 1 is 0.900 bits per heavy atom. The quantitative estimate of drug-likeness (QED) is 0.319. The molecular weight excluding hydrogens is 447 g/mol. The SMILES string of the molecule is Cc1cc(/C=N\NC(=O)C(=O)Nc2ccc(Cl)cc2)c(C)n1-c1cc(Cl)cc(Cl)c1. The molecule has 0 saturated heterocycles. The summed E-state index contributed by atoms with van der Waals surface area (Å²) in [5, 5.41) is 7.93. The molecule has 1 heterocycles. The van der Waals surface area contributed by atoms with Crippen LogP contribution in [-0.4, -0.2) is 22.6 Å². The van der Waals surface area contributed by atoms with E-state index >= 15 is 0 Å². The molecule has 0 aliphatic rings. The van der Waals surface area contributed by atoms with Gasteiger partial charge in [0.2, 0.25) is 0 Å². The van der Waals surface area contributed by atoms with Crippen LogP contribution < -0.4 is 10.7 Å². The van der Waals surface area contributed by atoms with Gasteiger partial charge in [0.1, 0.15) is 0 Å². The lowest BCUT2D eigenvalue weighted by Gasteiger charge is -2.10. The van der Waals surface area contributed by atoms with Crippen LogP contribution in [0.3, 0.4) is 0 Å². The van der Waals surface area contributed by atoms with Crippen molar-refractivity contribution >= 4 is 58.5 Å². The van der Waals surface area contributed by atoms with Gasteiger partial charge in [0, 0.05) is 43.4 Å². The third-order valence-corrected chi connectivity index (χ3v) is 4.94. The van der Waals surface area contributed by atoms with Gasteiger partial charge in [0.05, 0.1) is 6.21 Å². The average Bonchev–Trinajstić information content (AvgIpc) is 2.96. The highest BCUT2D eigenvalue weighted by Crippen LogP contribution is 2.26. The summed E-state index contributed by atoms with van der Waals surface area (Å²) in [7, 11) is 0. The second-order valence-corrected chi connectivity index (χ2v) is 7.76. The fourth-order valence-electron chi connectivity index (χ4n) is 2.92. The van der Waals surface area contributed by atoms with Crippen molar-refractivity contribution in [2.75, 3.05) is 5.32 Å². The molecule has 3 aromatic rings. The number of aryl methyl sites for hydroxylation is 1. The first-order chi connectivity index (χ1) is 14.2. The number of carbonyl (C=O) groups is 2. The highest BCUT2D eigenvalue weighted by molar-refractivity contribution is 6.39. The van der Waals surface area contributed by atoms with Crippen molar-refractivity contribution in [1.82, 2.24) is 9.99 Å². The minimum Gasteiger partial charge on any atom is -0.318 e. The van der Waals surface area contributed by atoms with Crippen molar-refractivity contribution in [3.8, 4) is 5.69 Å². The maximum absolute atomic E-state index is 12.0. The van der Waals surface area contributed by atoms with E-state index in [1.807, 2.05) is 24.5 Å². The lowest BCUT2D eigenvalue weighted by molar-refractivity contribution is -0.136. The van der Waals surface area contributed by atoms with Gasteiger partial charge in [-0.1, -0.05) is 34.8 Å². The number of amides is 2. The van der Waals surface area contributed by atoms with E-state index in [2.05, 4.69) is 15.8 Å². The highest BCUT2D eigenvalue weighted by atomic mass is 35.5. The van der Waals surface area contributed by atoms with Crippen molar-refractivity contribution < 1.29 is 9.59 Å². The van der Waals surface area contributed by atoms with Crippen LogP contribution in [0.2, 0.25) is 15.1 Å². The zero-order valence-corrected chi connectivity index (χ0v) is 18.3. The lowest BCUT2D eigenvalue weighted by atomic mass is 10.2. The molecular formula is C21H17Cl3N4O2. The average molecular weight is 464 g/mol. The third kappa shape index (κ3) is 5.21. The molecule has 0 bridgehead atoms. The Hall–Kier alpha value is -2.80. The smallest absolute Gasteiger partial charge is 0.318 e. The highest BCUT2D eigenvalue weighted by Gasteiger charge is 2.14. The zero-order valence-electron chi connectivity index (χ0n) is 16.0. The summed E-state index contributed by atoms with van der Waals surface area (Å²) in [6, 6.07) is 13.6. The third-order valence-electron chi connectivity index (χ3n) is 4.25. The van der Waals surface area contributed by atoms with Crippen LogP contribution in [0.4, 0.5) is 5.69 Å². The van der Waals surface area contributed by atoms with Crippen LogP contribution in [0.15, 0.2) is 53.6 Å². The molecule has 3 rings (SSSR count). The van der Waals surface area contributed by atoms with Gasteiger partial charge in [-0.3, -0.25) is 9.59 Å². The van der Waals surface area contributed by atoms with E-state index in [1.165, 1.54) is 6.21 Å². The second-order valence-electron chi connectivity index (χ2n) is 6.45. The zero-order chi connectivity index (χ0) is 21.8. The molecule has 1 aromatic heterocycles. The molecule has 6 nitrogen and oxygen atoms in total. The van der Waals surface area contributed by atoms with Crippen molar-refractivity contribution in [1.29, 1.82) is 0 Å². The minimum atomic E-state index is -0.892. The van der Waals surface area contributed by atoms with Gasteiger partial charge in [0.25, 0.3) is 0 Å². The number of hydrogen-bond donors (Lipinski definition) is 2. The molecule has 0 atom stereocenters. The molecule has 0 aliphatic heterocycles. The predicted octanol–water partition coefficient (Wildman–Crippen LogP) is 5.14. The molecule has 2 N–H and O–H groups in total. The molecule has 0 saturated carbocycles. The topological polar surface area (TPSA) is 75.5 Å². The fourth-order valence-corrected chi connectivity index (χ4v) is 3.56. The van der Waals surface area contributed by atoms with E-state index in [9.17, 15) is 9.59 Å². The van der Waals surface area contributed by atoms with E-state index < -0.39 is 11.8 Å². The summed E-state index contributed by atoms with van der Waals surface area (Å²) < 4.78 is 1.97. The molecule has 0 fully saturated rings. The molecule has 9 heteroatoms. The minimum absolute atomic E-state index is 0.451. The monoisotopic (exact) mass is 462 g/mol. The van der Waals surface area contributed by atoms with E-state index in [0.717, 1.165) is 22.6 Å². The normalized spacial score (nSPS) is 11.0. The van der Waals surface area contributed by atoms with Crippen LogP contribution >= 0.6 is 34.8 Å². The Labute approximate surface area is 188 Å². The first kappa shape index (κ1) is 21.9. The predicted molar refractivity (Wildman–Crippen MR) is 121 cm³/mol. The number of aromatic nitrogens is 1. The molecule has 30 heavy (non-hydrogen) atoms. The van der Waals surface area contributed by atoms with Gasteiger partial charge < -0.3 is 9.88 Å². The van der Waals surface area contributed by atoms with Gasteiger partial charge in [-0.15, -0.1) is 0 Å². The first-order valence-electron chi connectivity index (χ1n) is 8.80. The Balaban J connectivity index is 1.69. The number of nitrogens with zero attached hydrogens (tertiary/aromatic N) is 2. The van der Waals surface area contributed by atoms with Gasteiger partial charge in [-0.2, -0.15) is 5.10 Å². The summed E-state index contributed by atoms with van der Waals surface area (Å²) in [5.41, 5.74) is 6.05. The Morgan fingerprint density at radius 3 is 2.17 bits per heavy atom. The fraction of sp³-hybridized carbons (Fsp3) is 0.0952. The van der Waals surface area contributed by atoms with Crippen molar-refractivity contribution in [3.05, 3.63) is 80.6 Å². The van der Waals surface area contributed by atoms with Crippen LogP contribution in [0, 0.1) is 13.8 Å². The largest absolute Gasteiger partial charge is 0.329 e. The summed E-state index contributed by atoms with van der Waals surface area (Å²) in [5.74, 6) is -1.73. The number of benzene rings is 2. The first-order valence-corrected chi connectivity index (χ1v) is 9.93. The van der Waals surface area contributed by atoms with Gasteiger partial charge in [-0.25, -0.2) is 5.43 Å². The van der Waals surface area contributed by atoms with Crippen LogP contribution in [0.5, 0.6) is 0 Å². The number of rotatable bonds is 4. The number of anilines is 1. The maximum Gasteiger partial charge on any atom is 0.329 e. The van der Waals surface area contributed by atoms with Crippen LogP contribution in [-0.2, 0) is 9.59 Å². The summed E-state index contributed by atoms with van der Waals surface area (Å²) in [6.45, 7) is 3.83. The Bertz CT molecular complexity index is 1120. The molecule has 0 aliphatic carbocycles. The van der Waals surface area contributed by atoms with E-state index in [1.54, 1.807) is 42.5 Å². The van der Waals surface area contributed by atoms with Crippen LogP contribution in [0.25, 0.3) is 5.69 Å². The maximum atomic E-state index is 12.0. The van der Waals surface area contributed by atoms with Gasteiger partial charge in [-0.05, 0) is 62.4 Å². The molecule has 0 radical (unpaired) electrons. The second kappa shape index (κ2) is 9.34. The molecule has 0 unspecified atom stereocenters. The van der Waals surface area contributed by atoms with E-state index in [0.29, 0.717) is 20.8 Å². The van der Waals surface area contributed by atoms with Gasteiger partial charge >= 0.3 is 11.8 Å². The molecule has 0 spiro atoms. The van der Waals surface area contributed by atoms with E-state index in [-0.39, 0.29) is 0 Å². The number of halogens is 3. The summed E-state index contributed by atoms with van der Waals surface area (Å²) >= 11 is 18.0. The molecule has 2 aromatic carbocycles.